The second-order valence-electron chi connectivity index (χ2n) is 5.67. The lowest BCUT2D eigenvalue weighted by Gasteiger charge is -2.32. The molecule has 0 aromatic heterocycles. The molecule has 1 N–H and O–H groups in total. The minimum Gasteiger partial charge on any atom is -0.484 e. The summed E-state index contributed by atoms with van der Waals surface area (Å²) in [6, 6.07) is 10.0. The molecule has 5 nitrogen and oxygen atoms in total. The minimum atomic E-state index is 0. The van der Waals surface area contributed by atoms with Gasteiger partial charge >= 0.3 is 0 Å². The summed E-state index contributed by atoms with van der Waals surface area (Å²) in [5.41, 5.74) is 0. The number of hydrogen-bond acceptors (Lipinski definition) is 4. The van der Waals surface area contributed by atoms with E-state index in [9.17, 15) is 4.79 Å². The average molecular weight is 326 g/mol. The van der Waals surface area contributed by atoms with Crippen LogP contribution in [0.3, 0.4) is 0 Å². The predicted molar refractivity (Wildman–Crippen MR) is 88.6 cm³/mol. The zero-order valence-corrected chi connectivity index (χ0v) is 13.6. The molecule has 3 rings (SSSR count). The van der Waals surface area contributed by atoms with Gasteiger partial charge in [0.15, 0.2) is 6.61 Å². The van der Waals surface area contributed by atoms with Crippen molar-refractivity contribution in [1.29, 1.82) is 0 Å². The Bertz CT molecular complexity index is 466. The summed E-state index contributed by atoms with van der Waals surface area (Å²) in [4.78, 5) is 16.7. The first-order chi connectivity index (χ1) is 10.3. The first-order valence-corrected chi connectivity index (χ1v) is 7.73. The van der Waals surface area contributed by atoms with Gasteiger partial charge in [0.25, 0.3) is 5.91 Å². The van der Waals surface area contributed by atoms with E-state index in [0.29, 0.717) is 6.04 Å². The number of carbonyl (C=O) groups excluding carboxylic acids is 1. The molecule has 122 valence electrons. The van der Waals surface area contributed by atoms with Crippen LogP contribution in [0.4, 0.5) is 0 Å². The lowest BCUT2D eigenvalue weighted by atomic mass is 10.2. The van der Waals surface area contributed by atoms with Crippen LogP contribution in [-0.2, 0) is 4.79 Å². The van der Waals surface area contributed by atoms with Gasteiger partial charge in [-0.05, 0) is 18.6 Å². The maximum atomic E-state index is 12.2. The number of para-hydroxylation sites is 1. The van der Waals surface area contributed by atoms with E-state index in [0.717, 1.165) is 51.4 Å². The SMILES string of the molecule is Cl.O=C(COc1ccccc1)N1CCC(N2CCNCC2)C1. The van der Waals surface area contributed by atoms with Crippen LogP contribution in [0.2, 0.25) is 0 Å². The Labute approximate surface area is 138 Å². The predicted octanol–water partition coefficient (Wildman–Crippen LogP) is 0.993. The van der Waals surface area contributed by atoms with E-state index in [-0.39, 0.29) is 24.9 Å². The number of likely N-dealkylation sites (tertiary alicyclic amines) is 1. The second-order valence-corrected chi connectivity index (χ2v) is 5.67. The van der Waals surface area contributed by atoms with Gasteiger partial charge in [0.05, 0.1) is 0 Å². The summed E-state index contributed by atoms with van der Waals surface area (Å²) in [7, 11) is 0. The molecule has 0 saturated carbocycles. The Morgan fingerprint density at radius 1 is 1.18 bits per heavy atom. The van der Waals surface area contributed by atoms with Crippen molar-refractivity contribution in [2.75, 3.05) is 45.9 Å². The molecule has 1 aromatic carbocycles. The Morgan fingerprint density at radius 2 is 1.91 bits per heavy atom. The Hall–Kier alpha value is -1.30. The molecule has 0 bridgehead atoms. The molecular weight excluding hydrogens is 302 g/mol. The normalized spacial score (nSPS) is 22.2. The number of piperazine rings is 1. The maximum absolute atomic E-state index is 12.2. The van der Waals surface area contributed by atoms with Gasteiger partial charge in [0.2, 0.25) is 0 Å². The molecule has 2 saturated heterocycles. The Morgan fingerprint density at radius 3 is 2.64 bits per heavy atom. The third-order valence-electron chi connectivity index (χ3n) is 4.29. The molecule has 0 spiro atoms. The number of hydrogen-bond donors (Lipinski definition) is 1. The fraction of sp³-hybridized carbons (Fsp3) is 0.562. The van der Waals surface area contributed by atoms with Crippen LogP contribution in [-0.4, -0.2) is 67.6 Å². The van der Waals surface area contributed by atoms with Crippen LogP contribution < -0.4 is 10.1 Å². The van der Waals surface area contributed by atoms with Crippen molar-refractivity contribution in [3.63, 3.8) is 0 Å². The quantitative estimate of drug-likeness (QED) is 0.897. The smallest absolute Gasteiger partial charge is 0.260 e. The molecule has 0 aliphatic carbocycles. The highest BCUT2D eigenvalue weighted by molar-refractivity contribution is 5.85. The topological polar surface area (TPSA) is 44.8 Å². The molecule has 1 unspecified atom stereocenters. The Kier molecular flexibility index (Phi) is 6.49. The minimum absolute atomic E-state index is 0. The summed E-state index contributed by atoms with van der Waals surface area (Å²) in [6.07, 6.45) is 1.08. The van der Waals surface area contributed by atoms with E-state index < -0.39 is 0 Å². The fourth-order valence-electron chi connectivity index (χ4n) is 3.07. The molecule has 2 aliphatic rings. The molecule has 1 amide bonds. The van der Waals surface area contributed by atoms with Crippen LogP contribution in [0.1, 0.15) is 6.42 Å². The summed E-state index contributed by atoms with van der Waals surface area (Å²) in [5, 5.41) is 3.37. The van der Waals surface area contributed by atoms with Gasteiger partial charge in [-0.15, -0.1) is 12.4 Å². The van der Waals surface area contributed by atoms with Gasteiger partial charge in [0, 0.05) is 45.3 Å². The average Bonchev–Trinajstić information content (AvgIpc) is 3.04. The van der Waals surface area contributed by atoms with E-state index in [1.54, 1.807) is 0 Å². The third-order valence-corrected chi connectivity index (χ3v) is 4.29. The van der Waals surface area contributed by atoms with Crippen molar-refractivity contribution in [3.8, 4) is 5.75 Å². The van der Waals surface area contributed by atoms with Crippen LogP contribution in [0, 0.1) is 0 Å². The highest BCUT2D eigenvalue weighted by atomic mass is 35.5. The first kappa shape index (κ1) is 17.1. The second kappa shape index (κ2) is 8.36. The number of ether oxygens (including phenoxy) is 1. The van der Waals surface area contributed by atoms with Crippen LogP contribution in [0.25, 0.3) is 0 Å². The van der Waals surface area contributed by atoms with Gasteiger partial charge in [0.1, 0.15) is 5.75 Å². The van der Waals surface area contributed by atoms with Crippen LogP contribution in [0.5, 0.6) is 5.75 Å². The number of nitrogens with one attached hydrogen (secondary N) is 1. The maximum Gasteiger partial charge on any atom is 0.260 e. The number of halogens is 1. The summed E-state index contributed by atoms with van der Waals surface area (Å²) in [5.74, 6) is 0.847. The molecule has 22 heavy (non-hydrogen) atoms. The number of rotatable bonds is 4. The number of nitrogens with zero attached hydrogens (tertiary/aromatic N) is 2. The van der Waals surface area contributed by atoms with E-state index >= 15 is 0 Å². The van der Waals surface area contributed by atoms with Gasteiger partial charge < -0.3 is 15.0 Å². The summed E-state index contributed by atoms with van der Waals surface area (Å²) < 4.78 is 5.55. The van der Waals surface area contributed by atoms with Gasteiger partial charge in [-0.2, -0.15) is 0 Å². The highest BCUT2D eigenvalue weighted by Gasteiger charge is 2.30. The first-order valence-electron chi connectivity index (χ1n) is 7.73. The number of benzene rings is 1. The van der Waals surface area contributed by atoms with Crippen molar-refractivity contribution in [3.05, 3.63) is 30.3 Å². The molecule has 1 aromatic rings. The molecule has 2 aliphatic heterocycles. The Balaban J connectivity index is 0.00000176. The lowest BCUT2D eigenvalue weighted by molar-refractivity contribution is -0.132. The summed E-state index contributed by atoms with van der Waals surface area (Å²) >= 11 is 0. The fourth-order valence-corrected chi connectivity index (χ4v) is 3.07. The van der Waals surface area contributed by atoms with E-state index in [2.05, 4.69) is 10.2 Å². The van der Waals surface area contributed by atoms with Gasteiger partial charge in [-0.3, -0.25) is 9.69 Å². The molecular formula is C16H24ClN3O2. The van der Waals surface area contributed by atoms with Crippen LogP contribution in [0.15, 0.2) is 30.3 Å². The van der Waals surface area contributed by atoms with E-state index in [1.165, 1.54) is 0 Å². The molecule has 0 radical (unpaired) electrons. The monoisotopic (exact) mass is 325 g/mol. The van der Waals surface area contributed by atoms with Crippen molar-refractivity contribution in [2.24, 2.45) is 0 Å². The molecule has 1 atom stereocenters. The van der Waals surface area contributed by atoms with Gasteiger partial charge in [-0.25, -0.2) is 0 Å². The van der Waals surface area contributed by atoms with Gasteiger partial charge in [-0.1, -0.05) is 18.2 Å². The van der Waals surface area contributed by atoms with Crippen molar-refractivity contribution in [1.82, 2.24) is 15.1 Å². The standard InChI is InChI=1S/C16H23N3O2.ClH/c20-16(13-21-15-4-2-1-3-5-15)19-9-6-14(12-19)18-10-7-17-8-11-18;/h1-5,14,17H,6-13H2;1H. The zero-order valence-electron chi connectivity index (χ0n) is 12.7. The van der Waals surface area contributed by atoms with Crippen molar-refractivity contribution < 1.29 is 9.53 Å². The van der Waals surface area contributed by atoms with Crippen LogP contribution >= 0.6 is 12.4 Å². The van der Waals surface area contributed by atoms with E-state index in [4.69, 9.17) is 4.74 Å². The molecule has 2 heterocycles. The van der Waals surface area contributed by atoms with Crippen molar-refractivity contribution in [2.45, 2.75) is 12.5 Å². The molecule has 2 fully saturated rings. The molecule has 6 heteroatoms. The zero-order chi connectivity index (χ0) is 14.5. The lowest BCUT2D eigenvalue weighted by Crippen LogP contribution is -2.49. The third kappa shape index (κ3) is 4.35. The number of carbonyl (C=O) groups is 1. The highest BCUT2D eigenvalue weighted by Crippen LogP contribution is 2.17. The summed E-state index contributed by atoms with van der Waals surface area (Å²) in [6.45, 7) is 6.13. The van der Waals surface area contributed by atoms with E-state index in [1.807, 2.05) is 35.2 Å². The number of amides is 1. The largest absolute Gasteiger partial charge is 0.484 e. The van der Waals surface area contributed by atoms with Crippen molar-refractivity contribution >= 4 is 18.3 Å².